The van der Waals surface area contributed by atoms with Crippen LogP contribution in [-0.2, 0) is 13.0 Å². The number of hydrogen-bond acceptors (Lipinski definition) is 5. The molecule has 4 heterocycles. The predicted octanol–water partition coefficient (Wildman–Crippen LogP) is 2.56. The standard InChI is InChI=1S/C16H17N3O2S2/c1-2-12-10-4-7-22-13(10)3-5-18(12)14(20)11-9-17-16-19(15(11)21)6-8-23-16/h4,7,9,12H,2-3,5-6,8H2,1H3/t12-/m1/s1. The maximum absolute atomic E-state index is 13.0. The first-order valence-electron chi connectivity index (χ1n) is 7.80. The summed E-state index contributed by atoms with van der Waals surface area (Å²) in [5.41, 5.74) is 1.24. The number of aromatic nitrogens is 2. The molecule has 23 heavy (non-hydrogen) atoms. The Morgan fingerprint density at radius 3 is 3.13 bits per heavy atom. The molecule has 0 aliphatic carbocycles. The first-order valence-corrected chi connectivity index (χ1v) is 9.67. The smallest absolute Gasteiger partial charge is 0.267 e. The lowest BCUT2D eigenvalue weighted by atomic mass is 9.97. The maximum Gasteiger partial charge on any atom is 0.267 e. The van der Waals surface area contributed by atoms with Crippen LogP contribution in [0.3, 0.4) is 0 Å². The average molecular weight is 347 g/mol. The normalized spacial score (nSPS) is 19.5. The third-order valence-electron chi connectivity index (χ3n) is 4.53. The van der Waals surface area contributed by atoms with Crippen molar-refractivity contribution >= 4 is 29.0 Å². The lowest BCUT2D eigenvalue weighted by Crippen LogP contribution is -2.42. The van der Waals surface area contributed by atoms with E-state index in [9.17, 15) is 9.59 Å². The first kappa shape index (κ1) is 15.0. The third-order valence-corrected chi connectivity index (χ3v) is 6.50. The fourth-order valence-corrected chi connectivity index (χ4v) is 5.24. The molecule has 2 aromatic rings. The zero-order chi connectivity index (χ0) is 16.0. The zero-order valence-corrected chi connectivity index (χ0v) is 14.5. The summed E-state index contributed by atoms with van der Waals surface area (Å²) in [6.07, 6.45) is 3.18. The van der Waals surface area contributed by atoms with Crippen LogP contribution in [0.15, 0.2) is 27.6 Å². The van der Waals surface area contributed by atoms with E-state index >= 15 is 0 Å². The number of carbonyl (C=O) groups is 1. The van der Waals surface area contributed by atoms with Gasteiger partial charge in [-0.2, -0.15) is 0 Å². The van der Waals surface area contributed by atoms with Crippen LogP contribution in [0.1, 0.15) is 40.2 Å². The summed E-state index contributed by atoms with van der Waals surface area (Å²) >= 11 is 3.32. The van der Waals surface area contributed by atoms with Gasteiger partial charge in [0.05, 0.1) is 6.04 Å². The highest BCUT2D eigenvalue weighted by Gasteiger charge is 2.32. The monoisotopic (exact) mass is 347 g/mol. The van der Waals surface area contributed by atoms with Crippen molar-refractivity contribution < 1.29 is 4.79 Å². The molecule has 7 heteroatoms. The summed E-state index contributed by atoms with van der Waals surface area (Å²) in [5, 5.41) is 2.81. The Morgan fingerprint density at radius 1 is 1.43 bits per heavy atom. The molecule has 4 rings (SSSR count). The first-order chi connectivity index (χ1) is 11.2. The molecule has 0 saturated heterocycles. The summed E-state index contributed by atoms with van der Waals surface area (Å²) in [6.45, 7) is 3.39. The van der Waals surface area contributed by atoms with Crippen LogP contribution >= 0.6 is 23.1 Å². The molecule has 2 aliphatic heterocycles. The highest BCUT2D eigenvalue weighted by atomic mass is 32.2. The van der Waals surface area contributed by atoms with E-state index in [1.165, 1.54) is 16.6 Å². The van der Waals surface area contributed by atoms with E-state index in [1.807, 2.05) is 4.90 Å². The molecular weight excluding hydrogens is 330 g/mol. The van der Waals surface area contributed by atoms with Crippen LogP contribution in [0.4, 0.5) is 0 Å². The molecule has 0 unspecified atom stereocenters. The minimum atomic E-state index is -0.198. The van der Waals surface area contributed by atoms with Crippen LogP contribution in [0.2, 0.25) is 0 Å². The highest BCUT2D eigenvalue weighted by Crippen LogP contribution is 2.35. The number of rotatable bonds is 2. The van der Waals surface area contributed by atoms with Gasteiger partial charge in [0, 0.05) is 29.9 Å². The summed E-state index contributed by atoms with van der Waals surface area (Å²) in [4.78, 5) is 33.1. The van der Waals surface area contributed by atoms with Crippen molar-refractivity contribution in [2.45, 2.75) is 37.5 Å². The van der Waals surface area contributed by atoms with E-state index in [1.54, 1.807) is 27.7 Å². The molecular formula is C16H17N3O2S2. The molecule has 0 saturated carbocycles. The Morgan fingerprint density at radius 2 is 2.30 bits per heavy atom. The van der Waals surface area contributed by atoms with Gasteiger partial charge in [0.15, 0.2) is 5.16 Å². The Bertz CT molecular complexity index is 827. The van der Waals surface area contributed by atoms with Gasteiger partial charge in [0.2, 0.25) is 0 Å². The number of thiophene rings is 1. The molecule has 0 bridgehead atoms. The summed E-state index contributed by atoms with van der Waals surface area (Å²) in [7, 11) is 0. The van der Waals surface area contributed by atoms with E-state index in [-0.39, 0.29) is 23.1 Å². The molecule has 0 N–H and O–H groups in total. The second-order valence-corrected chi connectivity index (χ2v) is 7.79. The van der Waals surface area contributed by atoms with Crippen molar-refractivity contribution in [1.29, 1.82) is 0 Å². The second kappa shape index (κ2) is 5.79. The topological polar surface area (TPSA) is 55.2 Å². The van der Waals surface area contributed by atoms with Gasteiger partial charge in [-0.1, -0.05) is 18.7 Å². The molecule has 120 valence electrons. The third kappa shape index (κ3) is 2.33. The van der Waals surface area contributed by atoms with E-state index in [2.05, 4.69) is 23.4 Å². The number of amides is 1. The summed E-state index contributed by atoms with van der Waals surface area (Å²) in [5.74, 6) is 0.665. The minimum Gasteiger partial charge on any atom is -0.331 e. The van der Waals surface area contributed by atoms with Crippen molar-refractivity contribution in [1.82, 2.24) is 14.5 Å². The molecule has 1 atom stereocenters. The number of thioether (sulfide) groups is 1. The summed E-state index contributed by atoms with van der Waals surface area (Å²) < 4.78 is 1.62. The van der Waals surface area contributed by atoms with Crippen molar-refractivity contribution in [3.05, 3.63) is 44.0 Å². The lowest BCUT2D eigenvalue weighted by Gasteiger charge is -2.35. The SMILES string of the molecule is CC[C@@H]1c2ccsc2CCN1C(=O)c1cnc2n(c1=O)CCS2. The van der Waals surface area contributed by atoms with Gasteiger partial charge >= 0.3 is 0 Å². The maximum atomic E-state index is 13.0. The van der Waals surface area contributed by atoms with Gasteiger partial charge in [0.25, 0.3) is 11.5 Å². The van der Waals surface area contributed by atoms with Crippen LogP contribution in [0, 0.1) is 0 Å². The minimum absolute atomic E-state index is 0.0597. The van der Waals surface area contributed by atoms with Crippen LogP contribution in [0.5, 0.6) is 0 Å². The Hall–Kier alpha value is -1.60. The lowest BCUT2D eigenvalue weighted by molar-refractivity contribution is 0.0654. The van der Waals surface area contributed by atoms with Crippen molar-refractivity contribution in [2.75, 3.05) is 12.3 Å². The number of hydrogen-bond donors (Lipinski definition) is 0. The highest BCUT2D eigenvalue weighted by molar-refractivity contribution is 7.99. The van der Waals surface area contributed by atoms with Gasteiger partial charge in [-0.15, -0.1) is 11.3 Å². The zero-order valence-electron chi connectivity index (χ0n) is 12.8. The van der Waals surface area contributed by atoms with E-state index in [0.29, 0.717) is 13.1 Å². The molecule has 2 aliphatic rings. The number of carbonyl (C=O) groups excluding carboxylic acids is 1. The van der Waals surface area contributed by atoms with E-state index in [4.69, 9.17) is 0 Å². The van der Waals surface area contributed by atoms with Crippen LogP contribution in [0.25, 0.3) is 0 Å². The van der Waals surface area contributed by atoms with Crippen molar-refractivity contribution in [3.63, 3.8) is 0 Å². The van der Waals surface area contributed by atoms with E-state index in [0.717, 1.165) is 23.8 Å². The number of nitrogens with zero attached hydrogens (tertiary/aromatic N) is 3. The van der Waals surface area contributed by atoms with Crippen LogP contribution < -0.4 is 5.56 Å². The van der Waals surface area contributed by atoms with Crippen molar-refractivity contribution in [2.24, 2.45) is 0 Å². The fraction of sp³-hybridized carbons (Fsp3) is 0.438. The average Bonchev–Trinajstić information content (AvgIpc) is 3.22. The van der Waals surface area contributed by atoms with E-state index < -0.39 is 0 Å². The molecule has 0 fully saturated rings. The van der Waals surface area contributed by atoms with Gasteiger partial charge in [-0.25, -0.2) is 4.98 Å². The fourth-order valence-electron chi connectivity index (χ4n) is 3.40. The molecule has 0 radical (unpaired) electrons. The van der Waals surface area contributed by atoms with Gasteiger partial charge in [0.1, 0.15) is 5.56 Å². The molecule has 1 amide bonds. The second-order valence-electron chi connectivity index (χ2n) is 5.73. The van der Waals surface area contributed by atoms with Gasteiger partial charge < -0.3 is 4.90 Å². The largest absolute Gasteiger partial charge is 0.331 e. The Balaban J connectivity index is 1.71. The van der Waals surface area contributed by atoms with Crippen LogP contribution in [-0.4, -0.2) is 32.7 Å². The molecule has 0 aromatic carbocycles. The Kier molecular flexibility index (Phi) is 3.77. The molecule has 5 nitrogen and oxygen atoms in total. The van der Waals surface area contributed by atoms with Crippen molar-refractivity contribution in [3.8, 4) is 0 Å². The number of fused-ring (bicyclic) bond motifs is 2. The van der Waals surface area contributed by atoms with Gasteiger partial charge in [-0.3, -0.25) is 14.2 Å². The Labute approximate surface area is 142 Å². The van der Waals surface area contributed by atoms with Gasteiger partial charge in [-0.05, 0) is 29.9 Å². The summed E-state index contributed by atoms with van der Waals surface area (Å²) in [6, 6.07) is 2.17. The predicted molar refractivity (Wildman–Crippen MR) is 91.3 cm³/mol. The molecule has 2 aromatic heterocycles. The molecule has 0 spiro atoms. The quantitative estimate of drug-likeness (QED) is 0.784.